The molecular weight excluding hydrogens is 429 g/mol. The molecule has 0 bridgehead atoms. The molecule has 6 nitrogen and oxygen atoms in total. The van der Waals surface area contributed by atoms with Crippen LogP contribution in [-0.2, 0) is 4.79 Å². The summed E-state index contributed by atoms with van der Waals surface area (Å²) < 4.78 is 41.5. The third-order valence-corrected chi connectivity index (χ3v) is 5.95. The number of nitrogens with one attached hydrogen (secondary N) is 2. The molecule has 3 atom stereocenters. The number of thiophene rings is 1. The summed E-state index contributed by atoms with van der Waals surface area (Å²) in [5.41, 5.74) is 1.27. The van der Waals surface area contributed by atoms with Crippen molar-refractivity contribution in [2.75, 3.05) is 6.61 Å². The normalized spacial score (nSPS) is 19.9. The molecule has 3 aromatic rings. The average molecular weight is 445 g/mol. The highest BCUT2D eigenvalue weighted by molar-refractivity contribution is 7.13. The smallest absolute Gasteiger partial charge is 0.422 e. The van der Waals surface area contributed by atoms with E-state index in [2.05, 4.69) is 20.3 Å². The molecule has 1 aliphatic carbocycles. The van der Waals surface area contributed by atoms with Crippen LogP contribution in [0, 0.1) is 5.92 Å². The van der Waals surface area contributed by atoms with Gasteiger partial charge in [0.2, 0.25) is 5.91 Å². The van der Waals surface area contributed by atoms with Crippen LogP contribution in [0.3, 0.4) is 0 Å². The van der Waals surface area contributed by atoms with E-state index >= 15 is 0 Å². The molecule has 1 amide bonds. The molecule has 154 valence electrons. The van der Waals surface area contributed by atoms with Crippen molar-refractivity contribution in [3.63, 3.8) is 0 Å². The van der Waals surface area contributed by atoms with Crippen LogP contribution in [0.1, 0.15) is 36.0 Å². The Balaban J connectivity index is 1.34. The summed E-state index contributed by atoms with van der Waals surface area (Å²) in [6.45, 7) is 0.441. The van der Waals surface area contributed by atoms with Crippen LogP contribution in [0.2, 0.25) is 5.02 Å². The first-order valence-electron chi connectivity index (χ1n) is 8.80. The van der Waals surface area contributed by atoms with Crippen molar-refractivity contribution in [3.8, 4) is 5.06 Å². The summed E-state index contributed by atoms with van der Waals surface area (Å²) in [4.78, 5) is 25.0. The van der Waals surface area contributed by atoms with Gasteiger partial charge in [0.1, 0.15) is 5.82 Å². The van der Waals surface area contributed by atoms with Crippen LogP contribution in [0.5, 0.6) is 5.06 Å². The van der Waals surface area contributed by atoms with Crippen molar-refractivity contribution in [2.45, 2.75) is 31.5 Å². The van der Waals surface area contributed by atoms with Crippen LogP contribution < -0.4 is 10.1 Å². The number of nitrogens with zero attached hydrogens (tertiary/aromatic N) is 2. The lowest BCUT2D eigenvalue weighted by molar-refractivity contribution is -0.152. The number of ether oxygens (including phenoxy) is 1. The van der Waals surface area contributed by atoms with E-state index < -0.39 is 12.8 Å². The van der Waals surface area contributed by atoms with Gasteiger partial charge in [0.25, 0.3) is 0 Å². The van der Waals surface area contributed by atoms with Gasteiger partial charge >= 0.3 is 6.18 Å². The summed E-state index contributed by atoms with van der Waals surface area (Å²) in [5.74, 6) is 0.334. The fourth-order valence-electron chi connectivity index (χ4n) is 3.04. The summed E-state index contributed by atoms with van der Waals surface area (Å²) in [7, 11) is 0. The van der Waals surface area contributed by atoms with Crippen molar-refractivity contribution in [1.29, 1.82) is 0 Å². The maximum Gasteiger partial charge on any atom is 0.422 e. The Morgan fingerprint density at radius 2 is 2.28 bits per heavy atom. The number of aromatic amines is 1. The Morgan fingerprint density at radius 3 is 3.03 bits per heavy atom. The van der Waals surface area contributed by atoms with Gasteiger partial charge < -0.3 is 15.0 Å². The molecule has 29 heavy (non-hydrogen) atoms. The number of aromatic nitrogens is 3. The van der Waals surface area contributed by atoms with Gasteiger partial charge in [0, 0.05) is 22.9 Å². The Labute approximate surface area is 172 Å². The number of carbonyl (C=O) groups excluding carboxylic acids is 1. The third kappa shape index (κ3) is 4.64. The van der Waals surface area contributed by atoms with Crippen LogP contribution in [-0.4, -0.2) is 33.6 Å². The second-order valence-corrected chi connectivity index (χ2v) is 8.40. The molecular formula is C18H16ClF3N4O2S. The topological polar surface area (TPSA) is 79.9 Å². The Morgan fingerprint density at radius 1 is 1.48 bits per heavy atom. The minimum Gasteiger partial charge on any atom is -0.475 e. The molecule has 1 saturated carbocycles. The highest BCUT2D eigenvalue weighted by Gasteiger charge is 2.46. The summed E-state index contributed by atoms with van der Waals surface area (Å²) >= 11 is 7.00. The van der Waals surface area contributed by atoms with E-state index in [9.17, 15) is 18.0 Å². The molecule has 4 rings (SSSR count). The SMILES string of the molecule is CC(NC(=O)[C@@H]1C[C@H]1c1nc2ncc(Cl)cc2[nH]1)c1ccc(OCC(F)(F)F)s1. The number of hydrogen-bond donors (Lipinski definition) is 2. The first-order chi connectivity index (χ1) is 13.7. The minimum atomic E-state index is -4.39. The van der Waals surface area contributed by atoms with Gasteiger partial charge in [-0.1, -0.05) is 11.6 Å². The van der Waals surface area contributed by atoms with Gasteiger partial charge in [0.15, 0.2) is 17.3 Å². The number of fused-ring (bicyclic) bond motifs is 1. The number of imidazole rings is 1. The maximum absolute atomic E-state index is 12.5. The van der Waals surface area contributed by atoms with E-state index in [-0.39, 0.29) is 28.8 Å². The first kappa shape index (κ1) is 20.0. The van der Waals surface area contributed by atoms with E-state index in [1.807, 2.05) is 0 Å². The number of amides is 1. The molecule has 1 unspecified atom stereocenters. The monoisotopic (exact) mass is 444 g/mol. The van der Waals surface area contributed by atoms with Crippen molar-refractivity contribution in [3.05, 3.63) is 40.1 Å². The number of alkyl halides is 3. The van der Waals surface area contributed by atoms with Gasteiger partial charge in [-0.25, -0.2) is 9.97 Å². The number of rotatable bonds is 6. The minimum absolute atomic E-state index is 0.0239. The standard InChI is InChI=1S/C18H16ClF3N4O2S/c1-8(13-2-3-14(29-13)28-7-18(20,21)22)24-17(27)11-5-10(11)15-25-12-4-9(19)6-23-16(12)26-15/h2-4,6,8,10-11H,5,7H2,1H3,(H,24,27)(H,23,25,26)/t8?,10-,11-/m1/s1. The molecule has 11 heteroatoms. The third-order valence-electron chi connectivity index (χ3n) is 4.57. The van der Waals surface area contributed by atoms with Crippen molar-refractivity contribution < 1.29 is 22.7 Å². The highest BCUT2D eigenvalue weighted by atomic mass is 35.5. The van der Waals surface area contributed by atoms with E-state index in [0.29, 0.717) is 22.9 Å². The van der Waals surface area contributed by atoms with E-state index in [4.69, 9.17) is 16.3 Å². The predicted octanol–water partition coefficient (Wildman–Crippen LogP) is 4.59. The average Bonchev–Trinajstić information content (AvgIpc) is 3.11. The van der Waals surface area contributed by atoms with Crippen LogP contribution in [0.4, 0.5) is 13.2 Å². The lowest BCUT2D eigenvalue weighted by Gasteiger charge is -2.12. The van der Waals surface area contributed by atoms with E-state index in [1.165, 1.54) is 12.3 Å². The van der Waals surface area contributed by atoms with Gasteiger partial charge in [-0.05, 0) is 31.5 Å². The molecule has 2 N–H and O–H groups in total. The molecule has 0 spiro atoms. The quantitative estimate of drug-likeness (QED) is 0.582. The number of carbonyl (C=O) groups is 1. The van der Waals surface area contributed by atoms with E-state index in [1.54, 1.807) is 19.1 Å². The van der Waals surface area contributed by atoms with Crippen LogP contribution in [0.15, 0.2) is 24.4 Å². The molecule has 0 aromatic carbocycles. The fourth-order valence-corrected chi connectivity index (χ4v) is 4.06. The molecule has 3 heterocycles. The number of halogens is 4. The number of pyridine rings is 1. The lowest BCUT2D eigenvalue weighted by Crippen LogP contribution is -2.28. The van der Waals surface area contributed by atoms with Crippen LogP contribution >= 0.6 is 22.9 Å². The van der Waals surface area contributed by atoms with Gasteiger partial charge in [0.05, 0.1) is 16.6 Å². The number of H-pyrrole nitrogens is 1. The molecule has 3 aromatic heterocycles. The maximum atomic E-state index is 12.5. The molecule has 1 aliphatic rings. The lowest BCUT2D eigenvalue weighted by atomic mass is 10.2. The second-order valence-electron chi connectivity index (χ2n) is 6.89. The number of hydrogen-bond acceptors (Lipinski definition) is 5. The Bertz CT molecular complexity index is 1050. The summed E-state index contributed by atoms with van der Waals surface area (Å²) in [5, 5.41) is 3.57. The highest BCUT2D eigenvalue weighted by Crippen LogP contribution is 2.47. The summed E-state index contributed by atoms with van der Waals surface area (Å²) in [6.07, 6.45) is -2.21. The zero-order valence-electron chi connectivity index (χ0n) is 15.1. The zero-order chi connectivity index (χ0) is 20.8. The van der Waals surface area contributed by atoms with E-state index in [0.717, 1.165) is 21.7 Å². The molecule has 0 saturated heterocycles. The van der Waals surface area contributed by atoms with Crippen molar-refractivity contribution in [1.82, 2.24) is 20.3 Å². The van der Waals surface area contributed by atoms with Gasteiger partial charge in [-0.2, -0.15) is 13.2 Å². The molecule has 0 aliphatic heterocycles. The Kier molecular flexibility index (Phi) is 5.16. The first-order valence-corrected chi connectivity index (χ1v) is 10.00. The van der Waals surface area contributed by atoms with Crippen molar-refractivity contribution >= 4 is 40.0 Å². The fraction of sp³-hybridized carbons (Fsp3) is 0.389. The summed E-state index contributed by atoms with van der Waals surface area (Å²) in [6, 6.07) is 4.52. The zero-order valence-corrected chi connectivity index (χ0v) is 16.7. The van der Waals surface area contributed by atoms with Gasteiger partial charge in [-0.3, -0.25) is 4.79 Å². The largest absolute Gasteiger partial charge is 0.475 e. The van der Waals surface area contributed by atoms with Gasteiger partial charge in [-0.15, -0.1) is 11.3 Å². The molecule has 0 radical (unpaired) electrons. The second kappa shape index (κ2) is 7.49. The molecule has 1 fully saturated rings. The van der Waals surface area contributed by atoms with Crippen LogP contribution in [0.25, 0.3) is 11.2 Å². The predicted molar refractivity (Wildman–Crippen MR) is 102 cm³/mol. The van der Waals surface area contributed by atoms with Crippen molar-refractivity contribution in [2.24, 2.45) is 5.92 Å². The Hall–Kier alpha value is -2.33.